The molecule has 0 aromatic rings. The van der Waals surface area contributed by atoms with Crippen molar-refractivity contribution < 1.29 is 80.2 Å². The van der Waals surface area contributed by atoms with E-state index in [1.807, 2.05) is 0 Å². The molecule has 0 aromatic carbocycles. The lowest BCUT2D eigenvalue weighted by Gasteiger charge is -2.21. The molecule has 0 bridgehead atoms. The van der Waals surface area contributed by atoms with Crippen molar-refractivity contribution in [3.63, 3.8) is 0 Å². The van der Waals surface area contributed by atoms with E-state index in [4.69, 9.17) is 37.0 Å². The summed E-state index contributed by atoms with van der Waals surface area (Å²) in [5.74, 6) is 0.931. The fourth-order valence-electron chi connectivity index (χ4n) is 12.6. The summed E-state index contributed by atoms with van der Waals surface area (Å²) in [7, 11) is -9.92. The Morgan fingerprint density at radius 2 is 0.475 bits per heavy atom. The molecule has 6 atom stereocenters. The molecule has 0 spiro atoms. The van der Waals surface area contributed by atoms with Crippen LogP contribution in [0.4, 0.5) is 0 Å². The van der Waals surface area contributed by atoms with Crippen LogP contribution in [0.5, 0.6) is 0 Å². The van der Waals surface area contributed by atoms with E-state index in [-0.39, 0.29) is 25.7 Å². The monoisotopic (exact) mass is 1480 g/mol. The maximum absolute atomic E-state index is 13.1. The van der Waals surface area contributed by atoms with Crippen molar-refractivity contribution in [3.8, 4) is 0 Å². The zero-order chi connectivity index (χ0) is 74.6. The molecule has 0 saturated carbocycles. The molecule has 4 unspecified atom stereocenters. The summed E-state index contributed by atoms with van der Waals surface area (Å²) >= 11 is 0. The molecule has 0 amide bonds. The van der Waals surface area contributed by atoms with Crippen LogP contribution >= 0.6 is 15.6 Å². The fourth-order valence-corrected chi connectivity index (χ4v) is 14.2. The molecular weight excluding hydrogens is 1320 g/mol. The van der Waals surface area contributed by atoms with Crippen LogP contribution in [0, 0.1) is 23.7 Å². The van der Waals surface area contributed by atoms with Crippen molar-refractivity contribution in [1.29, 1.82) is 0 Å². The van der Waals surface area contributed by atoms with Gasteiger partial charge < -0.3 is 33.8 Å². The van der Waals surface area contributed by atoms with E-state index in [9.17, 15) is 43.2 Å². The van der Waals surface area contributed by atoms with Gasteiger partial charge in [0, 0.05) is 25.7 Å². The van der Waals surface area contributed by atoms with Gasteiger partial charge in [0.05, 0.1) is 26.4 Å². The highest BCUT2D eigenvalue weighted by molar-refractivity contribution is 7.47. The second kappa shape index (κ2) is 71.0. The highest BCUT2D eigenvalue weighted by Crippen LogP contribution is 2.45. The van der Waals surface area contributed by atoms with Crippen LogP contribution in [0.1, 0.15) is 421 Å². The van der Waals surface area contributed by atoms with Gasteiger partial charge in [0.15, 0.2) is 12.2 Å². The molecule has 0 rings (SSSR count). The average molecular weight is 1480 g/mol. The quantitative estimate of drug-likeness (QED) is 0.0222. The van der Waals surface area contributed by atoms with E-state index in [1.54, 1.807) is 0 Å². The summed E-state index contributed by atoms with van der Waals surface area (Å²) < 4.78 is 68.6. The van der Waals surface area contributed by atoms with Crippen molar-refractivity contribution in [2.45, 2.75) is 440 Å². The number of unbranched alkanes of at least 4 members (excludes halogenated alkanes) is 44. The molecule has 600 valence electrons. The van der Waals surface area contributed by atoms with Gasteiger partial charge in [-0.05, 0) is 49.4 Å². The Bertz CT molecular complexity index is 1970. The number of carbonyl (C=O) groups is 4. The number of hydrogen-bond acceptors (Lipinski definition) is 15. The number of aliphatic hydroxyl groups is 1. The molecule has 0 aliphatic heterocycles. The number of ether oxygens (including phenoxy) is 4. The van der Waals surface area contributed by atoms with Crippen LogP contribution in [-0.2, 0) is 65.4 Å². The third-order valence-electron chi connectivity index (χ3n) is 19.4. The predicted molar refractivity (Wildman–Crippen MR) is 414 cm³/mol. The van der Waals surface area contributed by atoms with Crippen molar-refractivity contribution in [2.75, 3.05) is 39.6 Å². The van der Waals surface area contributed by atoms with Gasteiger partial charge in [-0.15, -0.1) is 0 Å². The Kier molecular flexibility index (Phi) is 69.6. The van der Waals surface area contributed by atoms with Gasteiger partial charge in [0.25, 0.3) is 0 Å². The standard InChI is InChI=1S/C82H160O17P2/c1-9-75(8)61-53-45-35-31-27-23-19-15-11-13-17-21-25-29-33-37-49-57-65-82(87)99-78(69-93-80(85)63-55-47-41-39-44-52-60-74(6)7)71-97-101(90,91)95-67-76(83)66-94-100(88,89)96-70-77(68-92-79(84)62-54-46-40-38-43-51-59-73(4)5)98-81(86)64-56-48-36-32-28-24-20-16-12-10-14-18-22-26-30-34-42-50-58-72(2)3/h72-78,83H,9-71H2,1-8H3,(H,88,89)(H,90,91)/t75?,76?,77-,78-/m1/s1. The van der Waals surface area contributed by atoms with Gasteiger partial charge in [-0.2, -0.15) is 0 Å². The highest BCUT2D eigenvalue weighted by Gasteiger charge is 2.30. The smallest absolute Gasteiger partial charge is 0.462 e. The minimum atomic E-state index is -4.96. The molecule has 0 radical (unpaired) electrons. The minimum Gasteiger partial charge on any atom is -0.462 e. The Labute approximate surface area is 619 Å². The van der Waals surface area contributed by atoms with Crippen molar-refractivity contribution in [1.82, 2.24) is 0 Å². The first-order valence-corrected chi connectivity index (χ1v) is 45.2. The minimum absolute atomic E-state index is 0.107. The van der Waals surface area contributed by atoms with Crippen molar-refractivity contribution in [3.05, 3.63) is 0 Å². The summed E-state index contributed by atoms with van der Waals surface area (Å²) in [5.41, 5.74) is 0. The molecule has 17 nitrogen and oxygen atoms in total. The number of phosphoric acid groups is 2. The van der Waals surface area contributed by atoms with Gasteiger partial charge in [-0.25, -0.2) is 9.13 Å². The topological polar surface area (TPSA) is 237 Å². The third kappa shape index (κ3) is 74.7. The van der Waals surface area contributed by atoms with Gasteiger partial charge in [-0.1, -0.05) is 370 Å². The number of esters is 4. The predicted octanol–water partition coefficient (Wildman–Crippen LogP) is 24.4. The summed E-state index contributed by atoms with van der Waals surface area (Å²) in [5, 5.41) is 10.6. The van der Waals surface area contributed by atoms with E-state index in [0.717, 1.165) is 115 Å². The first-order chi connectivity index (χ1) is 48.6. The molecule has 0 heterocycles. The summed E-state index contributed by atoms with van der Waals surface area (Å²) in [6.07, 6.45) is 58.8. The number of rotatable bonds is 79. The summed E-state index contributed by atoms with van der Waals surface area (Å²) in [6, 6.07) is 0. The van der Waals surface area contributed by atoms with Crippen LogP contribution in [-0.4, -0.2) is 96.7 Å². The van der Waals surface area contributed by atoms with E-state index >= 15 is 0 Å². The van der Waals surface area contributed by atoms with E-state index < -0.39 is 97.5 Å². The van der Waals surface area contributed by atoms with Crippen molar-refractivity contribution >= 4 is 39.5 Å². The molecule has 0 saturated heterocycles. The highest BCUT2D eigenvalue weighted by atomic mass is 31.2. The molecular formula is C82H160O17P2. The number of aliphatic hydroxyl groups excluding tert-OH is 1. The number of hydrogen-bond donors (Lipinski definition) is 3. The first kappa shape index (κ1) is 99.1. The maximum Gasteiger partial charge on any atom is 0.472 e. The molecule has 3 N–H and O–H groups in total. The van der Waals surface area contributed by atoms with Crippen LogP contribution in [0.3, 0.4) is 0 Å². The third-order valence-corrected chi connectivity index (χ3v) is 21.3. The fraction of sp³-hybridized carbons (Fsp3) is 0.951. The van der Waals surface area contributed by atoms with Crippen LogP contribution < -0.4 is 0 Å². The van der Waals surface area contributed by atoms with E-state index in [0.29, 0.717) is 37.5 Å². The largest absolute Gasteiger partial charge is 0.472 e. The van der Waals surface area contributed by atoms with Crippen LogP contribution in [0.2, 0.25) is 0 Å². The van der Waals surface area contributed by atoms with Crippen molar-refractivity contribution in [2.24, 2.45) is 23.7 Å². The molecule has 0 aliphatic carbocycles. The molecule has 0 fully saturated rings. The zero-order valence-electron chi connectivity index (χ0n) is 66.5. The second-order valence-electron chi connectivity index (χ2n) is 31.2. The lowest BCUT2D eigenvalue weighted by atomic mass is 9.99. The average Bonchev–Trinajstić information content (AvgIpc) is 0.982. The van der Waals surface area contributed by atoms with Gasteiger partial charge in [0.2, 0.25) is 0 Å². The lowest BCUT2D eigenvalue weighted by Crippen LogP contribution is -2.30. The lowest BCUT2D eigenvalue weighted by molar-refractivity contribution is -0.161. The Balaban J connectivity index is 5.09. The zero-order valence-corrected chi connectivity index (χ0v) is 68.3. The first-order valence-electron chi connectivity index (χ1n) is 42.2. The van der Waals surface area contributed by atoms with Crippen LogP contribution in [0.15, 0.2) is 0 Å². The van der Waals surface area contributed by atoms with Gasteiger partial charge >= 0.3 is 39.5 Å². The van der Waals surface area contributed by atoms with Gasteiger partial charge in [-0.3, -0.25) is 37.3 Å². The van der Waals surface area contributed by atoms with Gasteiger partial charge in [0.1, 0.15) is 19.3 Å². The normalized spacial score (nSPS) is 14.3. The maximum atomic E-state index is 13.1. The molecule has 0 aliphatic rings. The Morgan fingerprint density at radius 1 is 0.277 bits per heavy atom. The summed E-state index contributed by atoms with van der Waals surface area (Å²) in [4.78, 5) is 72.9. The molecule has 19 heteroatoms. The second-order valence-corrected chi connectivity index (χ2v) is 34.1. The van der Waals surface area contributed by atoms with E-state index in [1.165, 1.54) is 212 Å². The molecule has 101 heavy (non-hydrogen) atoms. The Hall–Kier alpha value is -1.94. The summed E-state index contributed by atoms with van der Waals surface area (Å²) in [6.45, 7) is 14.2. The SMILES string of the molecule is CCC(C)CCCCCCCCCCCCCCCCCCCCC(=O)O[C@H](COC(=O)CCCCCCCCC(C)C)COP(=O)(O)OCC(O)COP(=O)(O)OC[C@@H](COC(=O)CCCCCCCCC(C)C)OC(=O)CCCCCCCCCCCCCCCCCCCCC(C)C. The number of phosphoric ester groups is 2. The number of carbonyl (C=O) groups excluding carboxylic acids is 4. The molecule has 0 aromatic heterocycles. The van der Waals surface area contributed by atoms with E-state index in [2.05, 4.69) is 55.4 Å². The Morgan fingerprint density at radius 3 is 0.703 bits per heavy atom. The van der Waals surface area contributed by atoms with Crippen LogP contribution in [0.25, 0.3) is 0 Å².